The number of benzene rings is 2. The third kappa shape index (κ3) is 5.67. The van der Waals surface area contributed by atoms with Crippen LogP contribution in [0.5, 0.6) is 0 Å². The maximum absolute atomic E-state index is 12.5. The highest BCUT2D eigenvalue weighted by Crippen LogP contribution is 2.20. The van der Waals surface area contributed by atoms with Crippen molar-refractivity contribution < 1.29 is 14.7 Å². The molecule has 2 aromatic carbocycles. The first-order chi connectivity index (χ1) is 11.6. The van der Waals surface area contributed by atoms with Gasteiger partial charge in [0, 0.05) is 28.4 Å². The van der Waals surface area contributed by atoms with Gasteiger partial charge in [0.05, 0.1) is 11.9 Å². The number of anilines is 1. The summed E-state index contributed by atoms with van der Waals surface area (Å²) < 4.78 is 0. The van der Waals surface area contributed by atoms with Crippen molar-refractivity contribution in [3.8, 4) is 0 Å². The van der Waals surface area contributed by atoms with Crippen molar-refractivity contribution in [1.82, 2.24) is 0 Å². The largest absolute Gasteiger partial charge is 0.396 e. The third-order valence-electron chi connectivity index (χ3n) is 3.28. The molecule has 0 aromatic heterocycles. The van der Waals surface area contributed by atoms with Crippen LogP contribution in [0, 0.1) is 0 Å². The van der Waals surface area contributed by atoms with E-state index in [2.05, 4.69) is 5.32 Å². The molecular weight excluding hydrogens is 346 g/mol. The molecule has 0 fully saturated rings. The molecule has 2 rings (SSSR count). The van der Waals surface area contributed by atoms with Crippen LogP contribution in [-0.4, -0.2) is 34.4 Å². The van der Waals surface area contributed by atoms with E-state index < -0.39 is 5.25 Å². The van der Waals surface area contributed by atoms with E-state index in [1.54, 1.807) is 36.4 Å². The van der Waals surface area contributed by atoms with Crippen LogP contribution in [0.2, 0.25) is 5.02 Å². The van der Waals surface area contributed by atoms with Gasteiger partial charge in [0.2, 0.25) is 5.91 Å². The molecular formula is C18H18ClNO3S. The van der Waals surface area contributed by atoms with Crippen LogP contribution in [0.3, 0.4) is 0 Å². The number of carbonyl (C=O) groups is 2. The molecule has 0 aliphatic heterocycles. The van der Waals surface area contributed by atoms with Gasteiger partial charge in [-0.1, -0.05) is 29.8 Å². The minimum Gasteiger partial charge on any atom is -0.396 e. The highest BCUT2D eigenvalue weighted by atomic mass is 35.5. The van der Waals surface area contributed by atoms with Crippen molar-refractivity contribution >= 4 is 40.7 Å². The standard InChI is InChI=1S/C18H18ClNO3S/c19-14-8-6-13(7-9-14)16(22)12-17(24-11-10-21)18(23)20-15-4-2-1-3-5-15/h1-9,17,21H,10-12H2,(H,20,23). The number of halogens is 1. The number of para-hydroxylation sites is 1. The smallest absolute Gasteiger partial charge is 0.237 e. The van der Waals surface area contributed by atoms with Crippen LogP contribution in [0.25, 0.3) is 0 Å². The van der Waals surface area contributed by atoms with E-state index in [0.717, 1.165) is 0 Å². The van der Waals surface area contributed by atoms with Gasteiger partial charge in [-0.05, 0) is 36.4 Å². The summed E-state index contributed by atoms with van der Waals surface area (Å²) in [5.74, 6) is 0.00751. The number of nitrogens with one attached hydrogen (secondary N) is 1. The number of ketones is 1. The molecule has 1 amide bonds. The first-order valence-corrected chi connectivity index (χ1v) is 8.90. The van der Waals surface area contributed by atoms with Crippen LogP contribution >= 0.6 is 23.4 Å². The molecule has 2 N–H and O–H groups in total. The molecule has 1 atom stereocenters. The van der Waals surface area contributed by atoms with E-state index in [9.17, 15) is 9.59 Å². The lowest BCUT2D eigenvalue weighted by Gasteiger charge is -2.15. The summed E-state index contributed by atoms with van der Waals surface area (Å²) in [6.45, 7) is -0.0467. The number of hydrogen-bond acceptors (Lipinski definition) is 4. The Labute approximate surface area is 150 Å². The number of thioether (sulfide) groups is 1. The van der Waals surface area contributed by atoms with Crippen molar-refractivity contribution in [2.75, 3.05) is 17.7 Å². The van der Waals surface area contributed by atoms with Gasteiger partial charge < -0.3 is 10.4 Å². The van der Waals surface area contributed by atoms with Gasteiger partial charge in [-0.15, -0.1) is 11.8 Å². The summed E-state index contributed by atoms with van der Waals surface area (Å²) in [6, 6.07) is 15.7. The predicted octanol–water partition coefficient (Wildman–Crippen LogP) is 3.65. The molecule has 0 aliphatic carbocycles. The number of carbonyl (C=O) groups excluding carboxylic acids is 2. The fourth-order valence-electron chi connectivity index (χ4n) is 2.09. The van der Waals surface area contributed by atoms with Gasteiger partial charge in [0.25, 0.3) is 0 Å². The maximum atomic E-state index is 12.5. The van der Waals surface area contributed by atoms with E-state index in [0.29, 0.717) is 22.0 Å². The Morgan fingerprint density at radius 1 is 1.08 bits per heavy atom. The molecule has 2 aromatic rings. The van der Waals surface area contributed by atoms with Crippen LogP contribution in [0.4, 0.5) is 5.69 Å². The summed E-state index contributed by atoms with van der Waals surface area (Å²) in [4.78, 5) is 24.8. The fourth-order valence-corrected chi connectivity index (χ4v) is 3.08. The number of rotatable bonds is 8. The van der Waals surface area contributed by atoms with Gasteiger partial charge in [-0.3, -0.25) is 9.59 Å². The summed E-state index contributed by atoms with van der Waals surface area (Å²) in [6.07, 6.45) is 0.0605. The Hall–Kier alpha value is -1.82. The molecule has 126 valence electrons. The average molecular weight is 364 g/mol. The van der Waals surface area contributed by atoms with Crippen molar-refractivity contribution in [3.05, 3.63) is 65.2 Å². The van der Waals surface area contributed by atoms with Crippen LogP contribution in [0.1, 0.15) is 16.8 Å². The van der Waals surface area contributed by atoms with E-state index >= 15 is 0 Å². The summed E-state index contributed by atoms with van der Waals surface area (Å²) >= 11 is 7.09. The SMILES string of the molecule is O=C(CC(SCCO)C(=O)Nc1ccccc1)c1ccc(Cl)cc1. The van der Waals surface area contributed by atoms with Crippen molar-refractivity contribution in [2.45, 2.75) is 11.7 Å². The van der Waals surface area contributed by atoms with Gasteiger partial charge in [-0.25, -0.2) is 0 Å². The van der Waals surface area contributed by atoms with E-state index in [1.807, 2.05) is 18.2 Å². The first-order valence-electron chi connectivity index (χ1n) is 7.47. The molecule has 6 heteroatoms. The zero-order chi connectivity index (χ0) is 17.4. The Morgan fingerprint density at radius 2 is 1.75 bits per heavy atom. The van der Waals surface area contributed by atoms with Gasteiger partial charge in [0.15, 0.2) is 5.78 Å². The number of hydrogen-bond donors (Lipinski definition) is 2. The minimum atomic E-state index is -0.569. The molecule has 24 heavy (non-hydrogen) atoms. The molecule has 0 spiro atoms. The molecule has 0 radical (unpaired) electrons. The minimum absolute atomic E-state index is 0.0467. The van der Waals surface area contributed by atoms with E-state index in [1.165, 1.54) is 11.8 Å². The Bertz CT molecular complexity index is 676. The molecule has 0 heterocycles. The van der Waals surface area contributed by atoms with E-state index in [4.69, 9.17) is 16.7 Å². The van der Waals surface area contributed by atoms with E-state index in [-0.39, 0.29) is 24.7 Å². The lowest BCUT2D eigenvalue weighted by molar-refractivity contribution is -0.115. The molecule has 0 bridgehead atoms. The second-order valence-electron chi connectivity index (χ2n) is 5.07. The van der Waals surface area contributed by atoms with Gasteiger partial charge >= 0.3 is 0 Å². The molecule has 4 nitrogen and oxygen atoms in total. The second-order valence-corrected chi connectivity index (χ2v) is 6.82. The van der Waals surface area contributed by atoms with Crippen molar-refractivity contribution in [2.24, 2.45) is 0 Å². The molecule has 1 unspecified atom stereocenters. The van der Waals surface area contributed by atoms with Gasteiger partial charge in [0.1, 0.15) is 0 Å². The number of aliphatic hydroxyl groups excluding tert-OH is 1. The third-order valence-corrected chi connectivity index (χ3v) is 4.73. The van der Waals surface area contributed by atoms with Crippen LogP contribution in [-0.2, 0) is 4.79 Å². The lowest BCUT2D eigenvalue weighted by Crippen LogP contribution is -2.28. The van der Waals surface area contributed by atoms with Crippen molar-refractivity contribution in [1.29, 1.82) is 0 Å². The predicted molar refractivity (Wildman–Crippen MR) is 98.8 cm³/mol. The van der Waals surface area contributed by atoms with Crippen molar-refractivity contribution in [3.63, 3.8) is 0 Å². The maximum Gasteiger partial charge on any atom is 0.237 e. The Kier molecular flexibility index (Phi) is 7.31. The van der Waals surface area contributed by atoms with Crippen LogP contribution in [0.15, 0.2) is 54.6 Å². The number of aliphatic hydroxyl groups is 1. The first kappa shape index (κ1) is 18.5. The van der Waals surface area contributed by atoms with Gasteiger partial charge in [-0.2, -0.15) is 0 Å². The Balaban J connectivity index is 2.05. The quantitative estimate of drug-likeness (QED) is 0.702. The topological polar surface area (TPSA) is 66.4 Å². The molecule has 0 saturated carbocycles. The number of amides is 1. The summed E-state index contributed by atoms with van der Waals surface area (Å²) in [5.41, 5.74) is 1.19. The fraction of sp³-hybridized carbons (Fsp3) is 0.222. The summed E-state index contributed by atoms with van der Waals surface area (Å²) in [5, 5.41) is 11.8. The lowest BCUT2D eigenvalue weighted by atomic mass is 10.1. The Morgan fingerprint density at radius 3 is 2.38 bits per heavy atom. The normalized spacial score (nSPS) is 11.8. The zero-order valence-corrected chi connectivity index (χ0v) is 14.5. The molecule has 0 aliphatic rings. The van der Waals surface area contributed by atoms with Crippen LogP contribution < -0.4 is 5.32 Å². The summed E-state index contributed by atoms with van der Waals surface area (Å²) in [7, 11) is 0. The monoisotopic (exact) mass is 363 g/mol. The highest BCUT2D eigenvalue weighted by molar-refractivity contribution is 8.00. The number of Topliss-reactive ketones (excluding diaryl/α,β-unsaturated/α-hetero) is 1. The zero-order valence-electron chi connectivity index (χ0n) is 12.9. The second kappa shape index (κ2) is 9.47. The average Bonchev–Trinajstić information content (AvgIpc) is 2.59. The highest BCUT2D eigenvalue weighted by Gasteiger charge is 2.23. The molecule has 0 saturated heterocycles.